The van der Waals surface area contributed by atoms with Gasteiger partial charge in [0, 0.05) is 5.56 Å². The Kier molecular flexibility index (Phi) is 2.35. The number of nitrogens with two attached hydrogens (primary N) is 1. The van der Waals surface area contributed by atoms with Gasteiger partial charge in [0.15, 0.2) is 5.82 Å². The van der Waals surface area contributed by atoms with Crippen LogP contribution >= 0.6 is 11.6 Å². The highest BCUT2D eigenvalue weighted by molar-refractivity contribution is 6.33. The molecule has 18 heavy (non-hydrogen) atoms. The molecule has 1 aliphatic rings. The fraction of sp³-hybridized carbons (Fsp3) is 0.417. The van der Waals surface area contributed by atoms with Crippen molar-refractivity contribution in [3.63, 3.8) is 0 Å². The molecule has 0 spiro atoms. The molecule has 6 heteroatoms. The van der Waals surface area contributed by atoms with E-state index in [4.69, 9.17) is 17.3 Å². The van der Waals surface area contributed by atoms with Crippen molar-refractivity contribution in [3.8, 4) is 11.4 Å². The van der Waals surface area contributed by atoms with Crippen molar-refractivity contribution in [3.05, 3.63) is 23.2 Å². The number of halogens is 1. The fourth-order valence-corrected chi connectivity index (χ4v) is 2.34. The molecule has 1 atom stereocenters. The minimum Gasteiger partial charge on any atom is -0.397 e. The van der Waals surface area contributed by atoms with Crippen molar-refractivity contribution < 1.29 is 0 Å². The van der Waals surface area contributed by atoms with Crippen molar-refractivity contribution in [2.24, 2.45) is 5.41 Å². The molecule has 1 fully saturated rings. The second-order valence-corrected chi connectivity index (χ2v) is 5.76. The first kappa shape index (κ1) is 11.5. The summed E-state index contributed by atoms with van der Waals surface area (Å²) < 4.78 is 1.85. The smallest absolute Gasteiger partial charge is 0.184 e. The van der Waals surface area contributed by atoms with Crippen molar-refractivity contribution in [1.82, 2.24) is 20.2 Å². The minimum atomic E-state index is 0.247. The lowest BCUT2D eigenvalue weighted by Crippen LogP contribution is -2.06. The van der Waals surface area contributed by atoms with Crippen molar-refractivity contribution in [2.75, 3.05) is 5.73 Å². The number of aromatic nitrogens is 4. The van der Waals surface area contributed by atoms with Gasteiger partial charge < -0.3 is 5.73 Å². The van der Waals surface area contributed by atoms with Gasteiger partial charge in [0.1, 0.15) is 0 Å². The van der Waals surface area contributed by atoms with Gasteiger partial charge in [-0.3, -0.25) is 0 Å². The Labute approximate surface area is 110 Å². The predicted octanol–water partition coefficient (Wildman–Crippen LogP) is 2.55. The van der Waals surface area contributed by atoms with E-state index in [0.717, 1.165) is 12.0 Å². The Hall–Kier alpha value is -1.62. The van der Waals surface area contributed by atoms with Gasteiger partial charge in [0.05, 0.1) is 16.8 Å². The standard InChI is InChI=1S/C12H14ClN5/c1-12(2)6-9(12)18-11(15-16-17-18)7-4-3-5-8(13)10(7)14/h3-5,9H,6,14H2,1-2H3. The topological polar surface area (TPSA) is 69.6 Å². The first-order valence-electron chi connectivity index (χ1n) is 5.83. The van der Waals surface area contributed by atoms with Gasteiger partial charge in [-0.05, 0) is 34.4 Å². The zero-order chi connectivity index (χ0) is 12.9. The van der Waals surface area contributed by atoms with Crippen LogP contribution in [-0.4, -0.2) is 20.2 Å². The van der Waals surface area contributed by atoms with E-state index in [2.05, 4.69) is 29.4 Å². The maximum atomic E-state index is 6.03. The normalized spacial score (nSPS) is 20.9. The van der Waals surface area contributed by atoms with Gasteiger partial charge in [0.2, 0.25) is 0 Å². The van der Waals surface area contributed by atoms with Crippen LogP contribution in [0.1, 0.15) is 26.3 Å². The molecule has 0 radical (unpaired) electrons. The summed E-state index contributed by atoms with van der Waals surface area (Å²) in [6, 6.07) is 5.83. The van der Waals surface area contributed by atoms with E-state index in [9.17, 15) is 0 Å². The lowest BCUT2D eigenvalue weighted by atomic mass is 10.1. The van der Waals surface area contributed by atoms with Crippen molar-refractivity contribution in [1.29, 1.82) is 0 Å². The minimum absolute atomic E-state index is 0.247. The third-order valence-electron chi connectivity index (χ3n) is 3.54. The summed E-state index contributed by atoms with van der Waals surface area (Å²) in [5.41, 5.74) is 7.55. The highest BCUT2D eigenvalue weighted by Crippen LogP contribution is 2.56. The first-order chi connectivity index (χ1) is 8.50. The van der Waals surface area contributed by atoms with Crippen LogP contribution in [0.3, 0.4) is 0 Å². The number of nitrogen functional groups attached to an aromatic ring is 1. The van der Waals surface area contributed by atoms with E-state index < -0.39 is 0 Å². The molecule has 1 aromatic heterocycles. The Morgan fingerprint density at radius 3 is 2.83 bits per heavy atom. The molecule has 0 aliphatic heterocycles. The van der Waals surface area contributed by atoms with Crippen LogP contribution < -0.4 is 5.73 Å². The second-order valence-electron chi connectivity index (χ2n) is 5.36. The largest absolute Gasteiger partial charge is 0.397 e. The van der Waals surface area contributed by atoms with E-state index in [1.807, 2.05) is 16.8 Å². The number of nitrogens with zero attached hydrogens (tertiary/aromatic N) is 4. The molecule has 2 N–H and O–H groups in total. The summed E-state index contributed by atoms with van der Waals surface area (Å²) in [7, 11) is 0. The summed E-state index contributed by atoms with van der Waals surface area (Å²) in [5.74, 6) is 0.686. The summed E-state index contributed by atoms with van der Waals surface area (Å²) in [6.45, 7) is 4.40. The lowest BCUT2D eigenvalue weighted by molar-refractivity contribution is 0.497. The Balaban J connectivity index is 2.08. The number of tetrazole rings is 1. The molecule has 1 aromatic carbocycles. The molecule has 3 rings (SSSR count). The lowest BCUT2D eigenvalue weighted by Gasteiger charge is -2.09. The summed E-state index contributed by atoms with van der Waals surface area (Å²) in [6.07, 6.45) is 1.07. The number of hydrogen-bond donors (Lipinski definition) is 1. The van der Waals surface area contributed by atoms with Crippen LogP contribution in [0.25, 0.3) is 11.4 Å². The van der Waals surface area contributed by atoms with E-state index >= 15 is 0 Å². The fourth-order valence-electron chi connectivity index (χ4n) is 2.17. The van der Waals surface area contributed by atoms with Gasteiger partial charge in [0.25, 0.3) is 0 Å². The Morgan fingerprint density at radius 1 is 1.44 bits per heavy atom. The molecule has 0 amide bonds. The molecule has 5 nitrogen and oxygen atoms in total. The molecule has 1 aliphatic carbocycles. The van der Waals surface area contributed by atoms with Gasteiger partial charge in [-0.15, -0.1) is 5.10 Å². The monoisotopic (exact) mass is 263 g/mol. The molecular weight excluding hydrogens is 250 g/mol. The SMILES string of the molecule is CC1(C)CC1n1nnnc1-c1cccc(Cl)c1N. The summed E-state index contributed by atoms with van der Waals surface area (Å²) in [5, 5.41) is 12.4. The highest BCUT2D eigenvalue weighted by Gasteiger charge is 2.49. The van der Waals surface area contributed by atoms with E-state index in [-0.39, 0.29) is 5.41 Å². The van der Waals surface area contributed by atoms with E-state index in [0.29, 0.717) is 22.6 Å². The predicted molar refractivity (Wildman–Crippen MR) is 70.1 cm³/mol. The Bertz CT molecular complexity index is 604. The maximum Gasteiger partial charge on any atom is 0.184 e. The number of benzene rings is 1. The summed E-state index contributed by atoms with van der Waals surface area (Å²) >= 11 is 6.03. The third-order valence-corrected chi connectivity index (χ3v) is 3.87. The second kappa shape index (κ2) is 3.68. The molecule has 2 aromatic rings. The zero-order valence-electron chi connectivity index (χ0n) is 10.3. The van der Waals surface area contributed by atoms with Crippen LogP contribution in [0.15, 0.2) is 18.2 Å². The molecule has 0 saturated heterocycles. The number of para-hydroxylation sites is 1. The molecular formula is C12H14ClN5. The number of hydrogen-bond acceptors (Lipinski definition) is 4. The van der Waals surface area contributed by atoms with Gasteiger partial charge in [-0.25, -0.2) is 4.68 Å². The first-order valence-corrected chi connectivity index (χ1v) is 6.21. The van der Waals surface area contributed by atoms with E-state index in [1.165, 1.54) is 0 Å². The average molecular weight is 264 g/mol. The Morgan fingerprint density at radius 2 is 2.17 bits per heavy atom. The van der Waals surface area contributed by atoms with E-state index in [1.54, 1.807) is 6.07 Å². The third kappa shape index (κ3) is 1.66. The molecule has 94 valence electrons. The quantitative estimate of drug-likeness (QED) is 0.846. The molecule has 1 heterocycles. The maximum absolute atomic E-state index is 6.03. The van der Waals surface area contributed by atoms with Crippen LogP contribution in [0, 0.1) is 5.41 Å². The van der Waals surface area contributed by atoms with Gasteiger partial charge >= 0.3 is 0 Å². The van der Waals surface area contributed by atoms with Crippen LogP contribution in [0.5, 0.6) is 0 Å². The van der Waals surface area contributed by atoms with Crippen molar-refractivity contribution in [2.45, 2.75) is 26.3 Å². The van der Waals surface area contributed by atoms with Crippen LogP contribution in [0.2, 0.25) is 5.02 Å². The average Bonchev–Trinajstić information content (AvgIpc) is 2.77. The van der Waals surface area contributed by atoms with Gasteiger partial charge in [-0.1, -0.05) is 31.5 Å². The zero-order valence-corrected chi connectivity index (χ0v) is 11.0. The molecule has 1 unspecified atom stereocenters. The highest BCUT2D eigenvalue weighted by atomic mass is 35.5. The summed E-state index contributed by atoms with van der Waals surface area (Å²) in [4.78, 5) is 0. The van der Waals surface area contributed by atoms with Crippen molar-refractivity contribution >= 4 is 17.3 Å². The van der Waals surface area contributed by atoms with Crippen LogP contribution in [0.4, 0.5) is 5.69 Å². The van der Waals surface area contributed by atoms with Gasteiger partial charge in [-0.2, -0.15) is 0 Å². The number of anilines is 1. The molecule has 0 bridgehead atoms. The molecule has 1 saturated carbocycles. The number of rotatable bonds is 2. The van der Waals surface area contributed by atoms with Crippen LogP contribution in [-0.2, 0) is 0 Å².